The summed E-state index contributed by atoms with van der Waals surface area (Å²) >= 11 is 0. The minimum absolute atomic E-state index is 0.286. The highest BCUT2D eigenvalue weighted by Crippen LogP contribution is 2.45. The van der Waals surface area contributed by atoms with Gasteiger partial charge in [-0.1, -0.05) is 138 Å². The molecule has 12 rings (SSSR count). The monoisotopic (exact) mass is 1050 g/mol. The molecule has 0 radical (unpaired) electrons. The number of aryl methyl sites for hydroxylation is 9. The highest BCUT2D eigenvalue weighted by molar-refractivity contribution is 5.85. The van der Waals surface area contributed by atoms with Crippen LogP contribution in [0.1, 0.15) is 160 Å². The van der Waals surface area contributed by atoms with Gasteiger partial charge < -0.3 is 0 Å². The third-order valence-electron chi connectivity index (χ3n) is 18.0. The lowest BCUT2D eigenvalue weighted by atomic mass is 9.86. The molecule has 408 valence electrons. The number of nitrogens with zero attached hydrogens (tertiary/aromatic N) is 3. The number of rotatable bonds is 6. The summed E-state index contributed by atoms with van der Waals surface area (Å²) in [4.78, 5) is 0. The smallest absolute Gasteiger partial charge is 0.201 e. The van der Waals surface area contributed by atoms with Crippen molar-refractivity contribution in [3.63, 3.8) is 0 Å². The second kappa shape index (κ2) is 21.7. The van der Waals surface area contributed by atoms with E-state index in [4.69, 9.17) is 0 Å². The normalized spacial score (nSPS) is 12.6. The highest BCUT2D eigenvalue weighted by Gasteiger charge is 2.29. The fourth-order valence-electron chi connectivity index (χ4n) is 13.7. The molecule has 3 aliphatic carbocycles. The van der Waals surface area contributed by atoms with E-state index in [1.54, 1.807) is 0 Å². The molecule has 0 aliphatic heterocycles. The molecule has 3 aliphatic rings. The van der Waals surface area contributed by atoms with Crippen LogP contribution in [0.3, 0.4) is 0 Å². The minimum Gasteiger partial charge on any atom is -0.201 e. The second-order valence-corrected chi connectivity index (χ2v) is 26.1. The molecule has 0 amide bonds. The Balaban J connectivity index is 0.000000135. The summed E-state index contributed by atoms with van der Waals surface area (Å²) < 4.78 is 6.87. The summed E-state index contributed by atoms with van der Waals surface area (Å²) in [6.07, 6.45) is 11.1. The Morgan fingerprint density at radius 2 is 0.700 bits per heavy atom. The van der Waals surface area contributed by atoms with E-state index in [-0.39, 0.29) is 5.41 Å². The van der Waals surface area contributed by atoms with Gasteiger partial charge in [-0.25, -0.2) is 13.7 Å². The molecule has 0 atom stereocenters. The Morgan fingerprint density at radius 1 is 0.362 bits per heavy atom. The molecule has 3 aromatic heterocycles. The van der Waals surface area contributed by atoms with E-state index in [1.165, 1.54) is 167 Å². The van der Waals surface area contributed by atoms with Gasteiger partial charge in [-0.2, -0.15) is 0 Å². The predicted octanol–water partition coefficient (Wildman–Crippen LogP) is 17.9. The van der Waals surface area contributed by atoms with E-state index in [0.717, 1.165) is 25.7 Å². The van der Waals surface area contributed by atoms with Crippen LogP contribution in [0, 0.1) is 67.7 Å². The SMILES string of the molecule is Cc1ccc2c(c1)Cc1c-2ccc(-c2cc(C(C)C)c(C)c[n+]2C)c1C.Cc1ccc2c(c1)Cc1c-2ccc(-c2cc(C)c(C(C)C)c[n+]2C)c1C.Cc1ccc2c(c1)Cc1c-2ccc(-c2cc(CC(C)(C)C)c(C)c[n+]2C)c1C. The van der Waals surface area contributed by atoms with Crippen LogP contribution in [0.2, 0.25) is 0 Å². The van der Waals surface area contributed by atoms with Crippen molar-refractivity contribution in [2.75, 3.05) is 0 Å². The van der Waals surface area contributed by atoms with Crippen LogP contribution in [0.25, 0.3) is 67.2 Å². The van der Waals surface area contributed by atoms with Gasteiger partial charge in [-0.15, -0.1) is 0 Å². The van der Waals surface area contributed by atoms with E-state index < -0.39 is 0 Å². The van der Waals surface area contributed by atoms with Crippen molar-refractivity contribution in [3.05, 3.63) is 228 Å². The van der Waals surface area contributed by atoms with Gasteiger partial charge >= 0.3 is 0 Å². The molecule has 3 heterocycles. The van der Waals surface area contributed by atoms with Gasteiger partial charge in [-0.3, -0.25) is 0 Å². The third-order valence-corrected chi connectivity index (χ3v) is 18.0. The van der Waals surface area contributed by atoms with Crippen LogP contribution in [-0.2, 0) is 46.8 Å². The van der Waals surface area contributed by atoms with E-state index in [0.29, 0.717) is 11.8 Å². The Morgan fingerprint density at radius 3 is 1.09 bits per heavy atom. The average Bonchev–Trinajstić information content (AvgIpc) is 4.29. The molecule has 3 nitrogen and oxygen atoms in total. The molecule has 0 spiro atoms. The van der Waals surface area contributed by atoms with Crippen LogP contribution in [0.4, 0.5) is 0 Å². The van der Waals surface area contributed by atoms with Gasteiger partial charge in [0.05, 0.1) is 0 Å². The van der Waals surface area contributed by atoms with Crippen molar-refractivity contribution in [1.82, 2.24) is 0 Å². The molecule has 0 saturated carbocycles. The van der Waals surface area contributed by atoms with E-state index in [1.807, 2.05) is 0 Å². The first-order valence-electron chi connectivity index (χ1n) is 29.5. The summed E-state index contributed by atoms with van der Waals surface area (Å²) in [5, 5.41) is 0. The summed E-state index contributed by atoms with van der Waals surface area (Å²) in [6.45, 7) is 36.2. The molecule has 0 bridgehead atoms. The topological polar surface area (TPSA) is 11.6 Å². The first-order chi connectivity index (χ1) is 37.9. The van der Waals surface area contributed by atoms with Gasteiger partial charge in [0.1, 0.15) is 21.1 Å². The standard InChI is InChI=1S/C27H32N.2C25H28N/c1-17-8-9-23-20(12-17)13-25-19(3)22(10-11-24(23)25)26-14-21(15-27(4,5)6)18(2)16-28(26)7;1-15(2)23-13-25(26(6)14-17(23)4)20-9-10-22-21-8-7-16(3)11-19(21)12-24(22)18(20)5;1-15(2)24-14-26(6)25(12-17(24)4)20-9-10-22-21-8-7-16(3)11-19(21)13-23(22)18(20)5/h8-12,14,16H,13,15H2,1-7H3;7-11,13-15H,12H2,1-6H3;7-12,14-15H,13H2,1-6H3/q3*+1. The molecule has 9 aromatic rings. The molecule has 3 heteroatoms. The first-order valence-corrected chi connectivity index (χ1v) is 29.5. The molecule has 80 heavy (non-hydrogen) atoms. The van der Waals surface area contributed by atoms with Gasteiger partial charge in [-0.05, 0) is 224 Å². The Kier molecular flexibility index (Phi) is 15.2. The molecule has 0 unspecified atom stereocenters. The average molecular weight is 1060 g/mol. The number of hydrogen-bond donors (Lipinski definition) is 0. The van der Waals surface area contributed by atoms with Gasteiger partial charge in [0.25, 0.3) is 0 Å². The van der Waals surface area contributed by atoms with Crippen LogP contribution >= 0.6 is 0 Å². The first kappa shape index (κ1) is 56.1. The van der Waals surface area contributed by atoms with Crippen molar-refractivity contribution in [2.45, 2.75) is 148 Å². The molecule has 6 aromatic carbocycles. The maximum absolute atomic E-state index is 2.42. The third kappa shape index (κ3) is 10.7. The number of benzene rings is 6. The molecule has 0 saturated heterocycles. The number of aromatic nitrogens is 3. The zero-order valence-electron chi connectivity index (χ0n) is 51.9. The van der Waals surface area contributed by atoms with Crippen molar-refractivity contribution < 1.29 is 13.7 Å². The second-order valence-electron chi connectivity index (χ2n) is 26.1. The van der Waals surface area contributed by atoms with E-state index in [9.17, 15) is 0 Å². The van der Waals surface area contributed by atoms with Gasteiger partial charge in [0, 0.05) is 51.6 Å². The molecular weight excluding hydrogens is 967 g/mol. The Bertz CT molecular complexity index is 3940. The minimum atomic E-state index is 0.286. The lowest BCUT2D eigenvalue weighted by Crippen LogP contribution is -2.32. The van der Waals surface area contributed by atoms with E-state index >= 15 is 0 Å². The van der Waals surface area contributed by atoms with Crippen LogP contribution in [-0.4, -0.2) is 0 Å². The molecular formula is C77H88N3+3. The Hall–Kier alpha value is -7.23. The fourth-order valence-corrected chi connectivity index (χ4v) is 13.7. The van der Waals surface area contributed by atoms with Crippen molar-refractivity contribution in [1.29, 1.82) is 0 Å². The number of pyridine rings is 3. The maximum Gasteiger partial charge on any atom is 0.212 e. The highest BCUT2D eigenvalue weighted by atomic mass is 14.9. The number of hydrogen-bond acceptors (Lipinski definition) is 0. The summed E-state index contributed by atoms with van der Waals surface area (Å²) in [6, 6.07) is 41.7. The van der Waals surface area contributed by atoms with Crippen LogP contribution < -0.4 is 13.7 Å². The summed E-state index contributed by atoms with van der Waals surface area (Å²) in [5.74, 6) is 1.09. The lowest BCUT2D eigenvalue weighted by Gasteiger charge is -2.20. The van der Waals surface area contributed by atoms with Gasteiger partial charge in [0.2, 0.25) is 17.1 Å². The van der Waals surface area contributed by atoms with Crippen molar-refractivity contribution in [2.24, 2.45) is 26.6 Å². The largest absolute Gasteiger partial charge is 0.212 e. The summed E-state index contributed by atoms with van der Waals surface area (Å²) in [5.41, 5.74) is 42.4. The quantitative estimate of drug-likeness (QED) is 0.147. The summed E-state index contributed by atoms with van der Waals surface area (Å²) in [7, 11) is 6.51. The van der Waals surface area contributed by atoms with Crippen LogP contribution in [0.5, 0.6) is 0 Å². The van der Waals surface area contributed by atoms with Crippen molar-refractivity contribution in [3.8, 4) is 67.2 Å². The fraction of sp³-hybridized carbons (Fsp3) is 0.338. The molecule has 0 fully saturated rings. The lowest BCUT2D eigenvalue weighted by molar-refractivity contribution is -0.661. The molecule has 0 N–H and O–H groups in total. The maximum atomic E-state index is 2.42. The van der Waals surface area contributed by atoms with E-state index in [2.05, 4.69) is 273 Å². The van der Waals surface area contributed by atoms with Crippen LogP contribution in [0.15, 0.2) is 128 Å². The predicted molar refractivity (Wildman–Crippen MR) is 338 cm³/mol. The van der Waals surface area contributed by atoms with Gasteiger partial charge in [0.15, 0.2) is 18.6 Å². The zero-order valence-corrected chi connectivity index (χ0v) is 51.9. The zero-order chi connectivity index (χ0) is 57.4. The Labute approximate surface area is 481 Å². The van der Waals surface area contributed by atoms with Crippen molar-refractivity contribution >= 4 is 0 Å². The number of fused-ring (bicyclic) bond motifs is 9.